The highest BCUT2D eigenvalue weighted by molar-refractivity contribution is 5.74. The van der Waals surface area contributed by atoms with Gasteiger partial charge >= 0.3 is 6.03 Å². The molecule has 1 fully saturated rings. The van der Waals surface area contributed by atoms with E-state index in [0.29, 0.717) is 18.9 Å². The van der Waals surface area contributed by atoms with Crippen molar-refractivity contribution in [3.05, 3.63) is 0 Å². The van der Waals surface area contributed by atoms with E-state index >= 15 is 0 Å². The van der Waals surface area contributed by atoms with Gasteiger partial charge in [0.15, 0.2) is 0 Å². The van der Waals surface area contributed by atoms with Gasteiger partial charge in [-0.3, -0.25) is 0 Å². The highest BCUT2D eigenvalue weighted by Crippen LogP contribution is 2.29. The summed E-state index contributed by atoms with van der Waals surface area (Å²) in [7, 11) is 0. The predicted octanol–water partition coefficient (Wildman–Crippen LogP) is 2.27. The topological polar surface area (TPSA) is 61.4 Å². The second kappa shape index (κ2) is 6.41. The number of carbonyl (C=O) groups is 1. The summed E-state index contributed by atoms with van der Waals surface area (Å²) < 4.78 is 0. The molecule has 0 aliphatic heterocycles. The van der Waals surface area contributed by atoms with Gasteiger partial charge in [0.1, 0.15) is 0 Å². The van der Waals surface area contributed by atoms with Crippen LogP contribution >= 0.6 is 0 Å². The number of rotatable bonds is 6. The molecule has 4 heteroatoms. The second-order valence-electron chi connectivity index (χ2n) is 6.52. The first kappa shape index (κ1) is 15.3. The maximum atomic E-state index is 11.7. The number of urea groups is 1. The zero-order chi connectivity index (χ0) is 13.8. The maximum Gasteiger partial charge on any atom is 0.315 e. The first-order chi connectivity index (χ1) is 8.30. The summed E-state index contributed by atoms with van der Waals surface area (Å²) in [5.41, 5.74) is -0.0782. The minimum atomic E-state index is -0.334. The molecule has 4 nitrogen and oxygen atoms in total. The lowest BCUT2D eigenvalue weighted by Gasteiger charge is -2.32. The molecule has 2 atom stereocenters. The van der Waals surface area contributed by atoms with Crippen molar-refractivity contribution < 1.29 is 9.90 Å². The molecule has 0 aromatic carbocycles. The Balaban J connectivity index is 2.23. The molecule has 3 N–H and O–H groups in total. The van der Waals surface area contributed by atoms with Crippen LogP contribution in [0.25, 0.3) is 0 Å². The fourth-order valence-corrected chi connectivity index (χ4v) is 2.51. The van der Waals surface area contributed by atoms with Gasteiger partial charge in [-0.1, -0.05) is 20.3 Å². The fraction of sp³-hybridized carbons (Fsp3) is 0.929. The van der Waals surface area contributed by atoms with E-state index in [4.69, 9.17) is 0 Å². The third-order valence-electron chi connectivity index (χ3n) is 3.79. The van der Waals surface area contributed by atoms with Gasteiger partial charge in [0.25, 0.3) is 0 Å². The summed E-state index contributed by atoms with van der Waals surface area (Å²) in [4.78, 5) is 11.7. The third kappa shape index (κ3) is 5.25. The summed E-state index contributed by atoms with van der Waals surface area (Å²) in [5.74, 6) is 0.654. The number of aliphatic hydroxyl groups is 1. The number of amides is 2. The van der Waals surface area contributed by atoms with Crippen molar-refractivity contribution in [1.82, 2.24) is 10.6 Å². The monoisotopic (exact) mass is 256 g/mol. The maximum absolute atomic E-state index is 11.7. The molecule has 1 aliphatic carbocycles. The lowest BCUT2D eigenvalue weighted by molar-refractivity contribution is 0.128. The normalized spacial score (nSPS) is 19.8. The van der Waals surface area contributed by atoms with Crippen LogP contribution in [0.15, 0.2) is 0 Å². The van der Waals surface area contributed by atoms with Crippen LogP contribution in [0.3, 0.4) is 0 Å². The summed E-state index contributed by atoms with van der Waals surface area (Å²) in [5, 5.41) is 15.3. The van der Waals surface area contributed by atoms with E-state index in [2.05, 4.69) is 31.4 Å². The van der Waals surface area contributed by atoms with E-state index < -0.39 is 0 Å². The number of carbonyl (C=O) groups excluding carboxylic acids is 1. The molecule has 1 aliphatic rings. The Morgan fingerprint density at radius 2 is 2.00 bits per heavy atom. The van der Waals surface area contributed by atoms with Gasteiger partial charge in [0.2, 0.25) is 0 Å². The van der Waals surface area contributed by atoms with Crippen molar-refractivity contribution in [2.45, 2.75) is 65.5 Å². The van der Waals surface area contributed by atoms with Crippen LogP contribution in [-0.2, 0) is 0 Å². The number of aliphatic hydroxyl groups excluding tert-OH is 1. The molecule has 0 aromatic heterocycles. The summed E-state index contributed by atoms with van der Waals surface area (Å²) in [6.45, 7) is 8.54. The van der Waals surface area contributed by atoms with Crippen molar-refractivity contribution in [2.75, 3.05) is 6.54 Å². The molecule has 0 saturated heterocycles. The smallest absolute Gasteiger partial charge is 0.315 e. The van der Waals surface area contributed by atoms with Crippen molar-refractivity contribution in [3.8, 4) is 0 Å². The Bertz CT molecular complexity index is 273. The number of hydrogen-bond donors (Lipinski definition) is 3. The van der Waals surface area contributed by atoms with Crippen LogP contribution in [-0.4, -0.2) is 29.8 Å². The minimum absolute atomic E-state index is 0.0782. The van der Waals surface area contributed by atoms with Crippen LogP contribution in [0, 0.1) is 11.3 Å². The number of hydrogen-bond acceptors (Lipinski definition) is 2. The highest BCUT2D eigenvalue weighted by atomic mass is 16.3. The van der Waals surface area contributed by atoms with Crippen LogP contribution < -0.4 is 10.6 Å². The van der Waals surface area contributed by atoms with Crippen molar-refractivity contribution in [1.29, 1.82) is 0 Å². The molecular weight excluding hydrogens is 228 g/mol. The van der Waals surface area contributed by atoms with E-state index in [1.54, 1.807) is 6.92 Å². The van der Waals surface area contributed by atoms with Gasteiger partial charge in [0.05, 0.1) is 6.10 Å². The molecule has 0 aromatic rings. The molecule has 0 radical (unpaired) electrons. The molecule has 0 spiro atoms. The van der Waals surface area contributed by atoms with E-state index in [1.165, 1.54) is 19.3 Å². The van der Waals surface area contributed by atoms with Gasteiger partial charge in [-0.15, -0.1) is 0 Å². The van der Waals surface area contributed by atoms with E-state index in [0.717, 1.165) is 0 Å². The Labute approximate surface area is 111 Å². The quantitative estimate of drug-likeness (QED) is 0.682. The molecular formula is C14H28N2O2. The van der Waals surface area contributed by atoms with Crippen molar-refractivity contribution in [2.24, 2.45) is 11.3 Å². The average Bonchev–Trinajstić information content (AvgIpc) is 2.09. The number of nitrogens with one attached hydrogen (secondary N) is 2. The summed E-state index contributed by atoms with van der Waals surface area (Å²) in [6, 6.07) is 0.173. The molecule has 1 rings (SSSR count). The van der Waals surface area contributed by atoms with E-state index in [1.807, 2.05) is 0 Å². The third-order valence-corrected chi connectivity index (χ3v) is 3.79. The summed E-state index contributed by atoms with van der Waals surface area (Å²) >= 11 is 0. The Kier molecular flexibility index (Phi) is 5.45. The van der Waals surface area contributed by atoms with Crippen LogP contribution in [0.1, 0.15) is 53.4 Å². The van der Waals surface area contributed by atoms with E-state index in [-0.39, 0.29) is 23.6 Å². The van der Waals surface area contributed by atoms with Gasteiger partial charge in [-0.2, -0.15) is 0 Å². The first-order valence-electron chi connectivity index (χ1n) is 7.02. The summed E-state index contributed by atoms with van der Waals surface area (Å²) in [6.07, 6.45) is 4.11. The van der Waals surface area contributed by atoms with Gasteiger partial charge < -0.3 is 15.7 Å². The lowest BCUT2D eigenvalue weighted by atomic mass is 9.80. The zero-order valence-corrected chi connectivity index (χ0v) is 12.1. The van der Waals surface area contributed by atoms with Crippen LogP contribution in [0.2, 0.25) is 0 Å². The molecule has 2 amide bonds. The zero-order valence-electron chi connectivity index (χ0n) is 12.1. The minimum Gasteiger partial charge on any atom is -0.393 e. The van der Waals surface area contributed by atoms with Gasteiger partial charge in [-0.05, 0) is 44.4 Å². The molecule has 0 heterocycles. The van der Waals surface area contributed by atoms with Gasteiger partial charge in [-0.25, -0.2) is 4.79 Å². The standard InChI is InChI=1S/C14H28N2O2/c1-10(17)8-14(3,4)9-15-13(18)16-11(2)12-6-5-7-12/h10-12,17H,5-9H2,1-4H3,(H2,15,16,18). The average molecular weight is 256 g/mol. The van der Waals surface area contributed by atoms with Crippen LogP contribution in [0.4, 0.5) is 4.79 Å². The largest absolute Gasteiger partial charge is 0.393 e. The molecule has 1 saturated carbocycles. The predicted molar refractivity (Wildman–Crippen MR) is 73.4 cm³/mol. The Morgan fingerprint density at radius 3 is 2.44 bits per heavy atom. The second-order valence-corrected chi connectivity index (χ2v) is 6.52. The SMILES string of the molecule is CC(O)CC(C)(C)CNC(=O)NC(C)C1CCC1. The van der Waals surface area contributed by atoms with E-state index in [9.17, 15) is 9.90 Å². The highest BCUT2D eigenvalue weighted by Gasteiger charge is 2.26. The van der Waals surface area contributed by atoms with Gasteiger partial charge in [0, 0.05) is 12.6 Å². The molecule has 106 valence electrons. The first-order valence-corrected chi connectivity index (χ1v) is 7.02. The van der Waals surface area contributed by atoms with Crippen molar-refractivity contribution in [3.63, 3.8) is 0 Å². The lowest BCUT2D eigenvalue weighted by Crippen LogP contribution is -2.47. The molecule has 0 bridgehead atoms. The Morgan fingerprint density at radius 1 is 1.39 bits per heavy atom. The van der Waals surface area contributed by atoms with Crippen molar-refractivity contribution >= 4 is 6.03 Å². The fourth-order valence-electron chi connectivity index (χ4n) is 2.51. The van der Waals surface area contributed by atoms with Crippen LogP contribution in [0.5, 0.6) is 0 Å². The Hall–Kier alpha value is -0.770. The molecule has 2 unspecified atom stereocenters. The molecule has 18 heavy (non-hydrogen) atoms.